The molecule has 1 aliphatic rings. The van der Waals surface area contributed by atoms with Gasteiger partial charge in [0.05, 0.1) is 23.6 Å². The molecule has 2 aromatic heterocycles. The molecule has 8 heteroatoms. The van der Waals surface area contributed by atoms with E-state index in [0.29, 0.717) is 17.4 Å². The lowest BCUT2D eigenvalue weighted by Gasteiger charge is -2.36. The van der Waals surface area contributed by atoms with Crippen molar-refractivity contribution in [1.82, 2.24) is 19.5 Å². The second-order valence-electron chi connectivity index (χ2n) is 6.82. The number of hydrogen-bond donors (Lipinski definition) is 2. The lowest BCUT2D eigenvalue weighted by atomic mass is 9.99. The van der Waals surface area contributed by atoms with Crippen molar-refractivity contribution in [3.05, 3.63) is 40.5 Å². The van der Waals surface area contributed by atoms with Crippen molar-refractivity contribution in [3.63, 3.8) is 0 Å². The van der Waals surface area contributed by atoms with Gasteiger partial charge in [0.15, 0.2) is 0 Å². The highest BCUT2D eigenvalue weighted by atomic mass is 32.1. The lowest BCUT2D eigenvalue weighted by molar-refractivity contribution is 0.0689. The largest absolute Gasteiger partial charge is 0.494 e. The summed E-state index contributed by atoms with van der Waals surface area (Å²) in [6.45, 7) is 5.94. The van der Waals surface area contributed by atoms with Gasteiger partial charge in [0.25, 0.3) is 0 Å². The van der Waals surface area contributed by atoms with E-state index in [9.17, 15) is 10.2 Å². The topological polar surface area (TPSA) is 83.1 Å². The van der Waals surface area contributed by atoms with Gasteiger partial charge in [-0.25, -0.2) is 4.98 Å². The molecule has 0 unspecified atom stereocenters. The van der Waals surface area contributed by atoms with Crippen LogP contribution in [0.1, 0.15) is 42.1 Å². The molecule has 0 radical (unpaired) electrons. The van der Waals surface area contributed by atoms with E-state index in [-0.39, 0.29) is 18.0 Å². The molecule has 4 rings (SSSR count). The summed E-state index contributed by atoms with van der Waals surface area (Å²) in [7, 11) is 0. The number of rotatable bonds is 5. The zero-order valence-electron chi connectivity index (χ0n) is 15.5. The fourth-order valence-corrected chi connectivity index (χ4v) is 4.77. The van der Waals surface area contributed by atoms with Crippen LogP contribution in [-0.4, -0.2) is 55.5 Å². The van der Waals surface area contributed by atoms with Crippen LogP contribution in [0.25, 0.3) is 4.96 Å². The van der Waals surface area contributed by atoms with Crippen molar-refractivity contribution >= 4 is 16.3 Å². The second kappa shape index (κ2) is 7.46. The molecule has 2 N–H and O–H groups in total. The van der Waals surface area contributed by atoms with Crippen LogP contribution in [0.5, 0.6) is 11.6 Å². The van der Waals surface area contributed by atoms with E-state index in [1.54, 1.807) is 0 Å². The number of hydrogen-bond acceptors (Lipinski definition) is 7. The Labute approximate surface area is 161 Å². The van der Waals surface area contributed by atoms with Gasteiger partial charge in [-0.2, -0.15) is 4.52 Å². The smallest absolute Gasteiger partial charge is 0.230 e. The molecule has 0 aliphatic carbocycles. The normalized spacial score (nSPS) is 17.4. The van der Waals surface area contributed by atoms with Gasteiger partial charge in [-0.1, -0.05) is 23.5 Å². The summed E-state index contributed by atoms with van der Waals surface area (Å²) in [5.41, 5.74) is 1.08. The average Bonchev–Trinajstić information content (AvgIpc) is 3.16. The van der Waals surface area contributed by atoms with E-state index in [1.165, 1.54) is 15.9 Å². The first-order valence-electron chi connectivity index (χ1n) is 9.26. The number of thiazole rings is 1. The number of ether oxygens (including phenoxy) is 1. The first-order valence-corrected chi connectivity index (χ1v) is 10.1. The number of piperidine rings is 1. The van der Waals surface area contributed by atoms with E-state index in [4.69, 9.17) is 4.74 Å². The summed E-state index contributed by atoms with van der Waals surface area (Å²) in [6.07, 6.45) is 1.21. The van der Waals surface area contributed by atoms with Crippen molar-refractivity contribution in [1.29, 1.82) is 0 Å². The van der Waals surface area contributed by atoms with Gasteiger partial charge in [-0.3, -0.25) is 4.90 Å². The second-order valence-corrected chi connectivity index (χ2v) is 7.82. The molecule has 0 saturated carbocycles. The molecular formula is C19H24N4O3S. The predicted octanol–water partition coefficient (Wildman–Crippen LogP) is 2.75. The Morgan fingerprint density at radius 1 is 1.26 bits per heavy atom. The highest BCUT2D eigenvalue weighted by Crippen LogP contribution is 2.41. The minimum atomic E-state index is -0.249. The van der Waals surface area contributed by atoms with Crippen LogP contribution in [0.2, 0.25) is 0 Å². The van der Waals surface area contributed by atoms with Crippen LogP contribution in [0.4, 0.5) is 0 Å². The van der Waals surface area contributed by atoms with Gasteiger partial charge in [0, 0.05) is 13.1 Å². The zero-order chi connectivity index (χ0) is 19.0. The van der Waals surface area contributed by atoms with Gasteiger partial charge >= 0.3 is 0 Å². The number of aromatic hydroxyl groups is 1. The van der Waals surface area contributed by atoms with Gasteiger partial charge in [0.1, 0.15) is 11.6 Å². The van der Waals surface area contributed by atoms with Crippen LogP contribution < -0.4 is 4.74 Å². The van der Waals surface area contributed by atoms with Crippen molar-refractivity contribution in [2.75, 3.05) is 19.7 Å². The first kappa shape index (κ1) is 18.2. The Morgan fingerprint density at radius 3 is 2.59 bits per heavy atom. The summed E-state index contributed by atoms with van der Waals surface area (Å²) in [4.78, 5) is 8.22. The maximum Gasteiger partial charge on any atom is 0.230 e. The van der Waals surface area contributed by atoms with Gasteiger partial charge < -0.3 is 14.9 Å². The molecule has 0 spiro atoms. The number of aryl methyl sites for hydroxylation is 1. The summed E-state index contributed by atoms with van der Waals surface area (Å²) in [6, 6.07) is 7.90. The van der Waals surface area contributed by atoms with Gasteiger partial charge in [0.2, 0.25) is 10.8 Å². The Kier molecular flexibility index (Phi) is 5.03. The number of likely N-dealkylation sites (tertiary alicyclic amines) is 1. The Morgan fingerprint density at radius 2 is 1.96 bits per heavy atom. The molecular weight excluding hydrogens is 364 g/mol. The molecule has 144 valence electrons. The van der Waals surface area contributed by atoms with E-state index in [0.717, 1.165) is 42.1 Å². The van der Waals surface area contributed by atoms with E-state index >= 15 is 0 Å². The Hall–Kier alpha value is -2.16. The van der Waals surface area contributed by atoms with Gasteiger partial charge in [-0.15, -0.1) is 5.10 Å². The SMILES string of the molecule is CCOc1ccc([C@@H](c2sc3nc(C)nn3c2O)N2CCC(O)CC2)cc1. The molecule has 0 amide bonds. The van der Waals surface area contributed by atoms with Crippen LogP contribution in [0.15, 0.2) is 24.3 Å². The van der Waals surface area contributed by atoms with Crippen molar-refractivity contribution in [2.45, 2.75) is 38.8 Å². The fraction of sp³-hybridized carbons (Fsp3) is 0.474. The third-order valence-electron chi connectivity index (χ3n) is 4.93. The number of benzene rings is 1. The standard InChI is InChI=1S/C19H24N4O3S/c1-3-26-15-6-4-13(5-7-15)16(22-10-8-14(24)9-11-22)17-18(25)23-19(27-17)20-12(2)21-23/h4-7,14,16,24-25H,3,8-11H2,1-2H3/t16-/m0/s1. The molecule has 1 fully saturated rings. The van der Waals surface area contributed by atoms with Crippen LogP contribution in [0.3, 0.4) is 0 Å². The molecule has 3 heterocycles. The third-order valence-corrected chi connectivity index (χ3v) is 6.00. The van der Waals surface area contributed by atoms with Crippen LogP contribution >= 0.6 is 11.3 Å². The monoisotopic (exact) mass is 388 g/mol. The average molecular weight is 388 g/mol. The Balaban J connectivity index is 1.74. The van der Waals surface area contributed by atoms with Crippen molar-refractivity contribution < 1.29 is 14.9 Å². The quantitative estimate of drug-likeness (QED) is 0.699. The number of aliphatic hydroxyl groups is 1. The summed E-state index contributed by atoms with van der Waals surface area (Å²) in [5.74, 6) is 1.61. The molecule has 7 nitrogen and oxygen atoms in total. The van der Waals surface area contributed by atoms with Crippen LogP contribution in [0, 0.1) is 6.92 Å². The number of aromatic nitrogens is 3. The maximum absolute atomic E-state index is 10.8. The van der Waals surface area contributed by atoms with Crippen molar-refractivity contribution in [3.8, 4) is 11.6 Å². The highest BCUT2D eigenvalue weighted by molar-refractivity contribution is 7.17. The highest BCUT2D eigenvalue weighted by Gasteiger charge is 2.31. The van der Waals surface area contributed by atoms with E-state index in [1.807, 2.05) is 38.1 Å². The molecule has 1 aromatic carbocycles. The molecule has 3 aromatic rings. The Bertz CT molecular complexity index is 913. The third kappa shape index (κ3) is 3.52. The van der Waals surface area contributed by atoms with Crippen molar-refractivity contribution in [2.24, 2.45) is 0 Å². The number of nitrogens with zero attached hydrogens (tertiary/aromatic N) is 4. The maximum atomic E-state index is 10.8. The fourth-order valence-electron chi connectivity index (χ4n) is 3.61. The zero-order valence-corrected chi connectivity index (χ0v) is 16.3. The molecule has 27 heavy (non-hydrogen) atoms. The van der Waals surface area contributed by atoms with Gasteiger partial charge in [-0.05, 0) is 44.4 Å². The summed E-state index contributed by atoms with van der Waals surface area (Å²) in [5, 5.41) is 25.0. The molecule has 0 bridgehead atoms. The number of aliphatic hydroxyl groups excluding tert-OH is 1. The minimum Gasteiger partial charge on any atom is -0.494 e. The van der Waals surface area contributed by atoms with Crippen LogP contribution in [-0.2, 0) is 0 Å². The minimum absolute atomic E-state index is 0.109. The summed E-state index contributed by atoms with van der Waals surface area (Å²) >= 11 is 1.46. The predicted molar refractivity (Wildman–Crippen MR) is 104 cm³/mol. The lowest BCUT2D eigenvalue weighted by Crippen LogP contribution is -2.38. The molecule has 1 atom stereocenters. The number of fused-ring (bicyclic) bond motifs is 1. The molecule has 1 saturated heterocycles. The summed E-state index contributed by atoms with van der Waals surface area (Å²) < 4.78 is 7.07. The van der Waals surface area contributed by atoms with E-state index in [2.05, 4.69) is 15.0 Å². The van der Waals surface area contributed by atoms with E-state index < -0.39 is 0 Å². The molecule has 1 aliphatic heterocycles. The first-order chi connectivity index (χ1) is 13.1.